The van der Waals surface area contributed by atoms with Gasteiger partial charge in [-0.3, -0.25) is 4.98 Å². The first kappa shape index (κ1) is 13.6. The first-order valence-corrected chi connectivity index (χ1v) is 6.98. The molecule has 1 aromatic rings. The molecule has 0 spiro atoms. The molecule has 0 amide bonds. The van der Waals surface area contributed by atoms with Gasteiger partial charge in [0.25, 0.3) is 0 Å². The van der Waals surface area contributed by atoms with E-state index < -0.39 is 0 Å². The summed E-state index contributed by atoms with van der Waals surface area (Å²) in [5, 5.41) is 0.471. The SMILES string of the molecule is CCCN(C)CC1CCN(c2cncc(Cl)n2)C1. The molecule has 1 aliphatic heterocycles. The lowest BCUT2D eigenvalue weighted by Crippen LogP contribution is -2.29. The van der Waals surface area contributed by atoms with E-state index in [1.165, 1.54) is 25.9 Å². The molecule has 1 aromatic heterocycles. The van der Waals surface area contributed by atoms with Crippen LogP contribution in [0.4, 0.5) is 5.82 Å². The fraction of sp³-hybridized carbons (Fsp3) is 0.692. The molecule has 1 fully saturated rings. The standard InChI is InChI=1S/C13H21ClN4/c1-3-5-17(2)9-11-4-6-18(10-11)13-8-15-7-12(14)16-13/h7-8,11H,3-6,9-10H2,1-2H3. The van der Waals surface area contributed by atoms with Gasteiger partial charge in [-0.05, 0) is 32.4 Å². The second-order valence-electron chi connectivity index (χ2n) is 5.06. The second kappa shape index (κ2) is 6.34. The first-order chi connectivity index (χ1) is 8.69. The number of anilines is 1. The molecule has 1 aliphatic rings. The van der Waals surface area contributed by atoms with Crippen molar-refractivity contribution in [3.05, 3.63) is 17.5 Å². The summed E-state index contributed by atoms with van der Waals surface area (Å²) in [4.78, 5) is 13.1. The van der Waals surface area contributed by atoms with E-state index >= 15 is 0 Å². The van der Waals surface area contributed by atoms with Crippen LogP contribution in [0, 0.1) is 5.92 Å². The van der Waals surface area contributed by atoms with Crippen molar-refractivity contribution in [3.63, 3.8) is 0 Å². The number of halogens is 1. The zero-order valence-corrected chi connectivity index (χ0v) is 11.9. The van der Waals surface area contributed by atoms with Gasteiger partial charge >= 0.3 is 0 Å². The normalized spacial score (nSPS) is 19.8. The summed E-state index contributed by atoms with van der Waals surface area (Å²) in [7, 11) is 2.20. The van der Waals surface area contributed by atoms with Gasteiger partial charge in [0.2, 0.25) is 0 Å². The Kier molecular flexibility index (Phi) is 4.78. The van der Waals surface area contributed by atoms with Crippen LogP contribution in [0.25, 0.3) is 0 Å². The summed E-state index contributed by atoms with van der Waals surface area (Å²) in [5.41, 5.74) is 0. The van der Waals surface area contributed by atoms with Crippen molar-refractivity contribution < 1.29 is 0 Å². The van der Waals surface area contributed by atoms with E-state index in [9.17, 15) is 0 Å². The van der Waals surface area contributed by atoms with Crippen LogP contribution < -0.4 is 4.90 Å². The largest absolute Gasteiger partial charge is 0.355 e. The maximum Gasteiger partial charge on any atom is 0.149 e. The maximum atomic E-state index is 5.88. The second-order valence-corrected chi connectivity index (χ2v) is 5.45. The monoisotopic (exact) mass is 268 g/mol. The Morgan fingerprint density at radius 2 is 2.33 bits per heavy atom. The third kappa shape index (κ3) is 3.56. The Morgan fingerprint density at radius 3 is 3.06 bits per heavy atom. The third-order valence-electron chi connectivity index (χ3n) is 3.38. The minimum Gasteiger partial charge on any atom is -0.355 e. The van der Waals surface area contributed by atoms with Crippen LogP contribution in [0.3, 0.4) is 0 Å². The zero-order chi connectivity index (χ0) is 13.0. The minimum absolute atomic E-state index is 0.471. The van der Waals surface area contributed by atoms with E-state index in [-0.39, 0.29) is 0 Å². The molecule has 1 atom stereocenters. The highest BCUT2D eigenvalue weighted by atomic mass is 35.5. The highest BCUT2D eigenvalue weighted by molar-refractivity contribution is 6.29. The van der Waals surface area contributed by atoms with Crippen LogP contribution in [-0.4, -0.2) is 48.1 Å². The lowest BCUT2D eigenvalue weighted by atomic mass is 10.1. The van der Waals surface area contributed by atoms with Gasteiger partial charge in [-0.2, -0.15) is 0 Å². The van der Waals surface area contributed by atoms with Gasteiger partial charge in [0.15, 0.2) is 0 Å². The van der Waals surface area contributed by atoms with Crippen LogP contribution in [-0.2, 0) is 0 Å². The van der Waals surface area contributed by atoms with Crippen molar-refractivity contribution in [2.75, 3.05) is 38.1 Å². The maximum absolute atomic E-state index is 5.88. The van der Waals surface area contributed by atoms with Crippen molar-refractivity contribution in [2.24, 2.45) is 5.92 Å². The molecule has 2 heterocycles. The van der Waals surface area contributed by atoms with Crippen LogP contribution in [0.15, 0.2) is 12.4 Å². The predicted molar refractivity (Wildman–Crippen MR) is 75.2 cm³/mol. The molecule has 4 nitrogen and oxygen atoms in total. The van der Waals surface area contributed by atoms with E-state index in [0.29, 0.717) is 5.15 Å². The number of hydrogen-bond acceptors (Lipinski definition) is 4. The Balaban J connectivity index is 1.88. The summed E-state index contributed by atoms with van der Waals surface area (Å²) in [6.45, 7) is 6.67. The minimum atomic E-state index is 0.471. The Labute approximate surface area is 114 Å². The summed E-state index contributed by atoms with van der Waals surface area (Å²) in [5.74, 6) is 1.63. The lowest BCUT2D eigenvalue weighted by molar-refractivity contribution is 0.287. The quantitative estimate of drug-likeness (QED) is 0.820. The molecule has 1 saturated heterocycles. The average Bonchev–Trinajstić information content (AvgIpc) is 2.78. The van der Waals surface area contributed by atoms with Crippen molar-refractivity contribution in [3.8, 4) is 0 Å². The highest BCUT2D eigenvalue weighted by Crippen LogP contribution is 2.23. The van der Waals surface area contributed by atoms with Gasteiger partial charge < -0.3 is 9.80 Å². The topological polar surface area (TPSA) is 32.3 Å². The molecule has 0 saturated carbocycles. The van der Waals surface area contributed by atoms with Gasteiger partial charge in [-0.15, -0.1) is 0 Å². The average molecular weight is 269 g/mol. The fourth-order valence-corrected chi connectivity index (χ4v) is 2.73. The van der Waals surface area contributed by atoms with Gasteiger partial charge in [0.05, 0.1) is 12.4 Å². The molecule has 1 unspecified atom stereocenters. The molecule has 0 aliphatic carbocycles. The molecule has 100 valence electrons. The third-order valence-corrected chi connectivity index (χ3v) is 3.56. The number of hydrogen-bond donors (Lipinski definition) is 0. The Morgan fingerprint density at radius 1 is 1.50 bits per heavy atom. The van der Waals surface area contributed by atoms with Gasteiger partial charge in [-0.1, -0.05) is 18.5 Å². The van der Waals surface area contributed by atoms with E-state index in [4.69, 9.17) is 11.6 Å². The van der Waals surface area contributed by atoms with E-state index in [2.05, 4.69) is 33.7 Å². The number of aromatic nitrogens is 2. The molecule has 0 aromatic carbocycles. The summed E-state index contributed by atoms with van der Waals surface area (Å²) >= 11 is 5.88. The molecule has 0 bridgehead atoms. The van der Waals surface area contributed by atoms with Crippen molar-refractivity contribution in [1.82, 2.24) is 14.9 Å². The molecule has 0 N–H and O–H groups in total. The Hall–Kier alpha value is -0.870. The highest BCUT2D eigenvalue weighted by Gasteiger charge is 2.24. The smallest absolute Gasteiger partial charge is 0.149 e. The van der Waals surface area contributed by atoms with E-state index in [1.807, 2.05) is 0 Å². The number of nitrogens with zero attached hydrogens (tertiary/aromatic N) is 4. The molecule has 18 heavy (non-hydrogen) atoms. The number of rotatable bonds is 5. The summed E-state index contributed by atoms with van der Waals surface area (Å²) in [6, 6.07) is 0. The molecule has 5 heteroatoms. The summed E-state index contributed by atoms with van der Waals surface area (Å²) < 4.78 is 0. The van der Waals surface area contributed by atoms with Gasteiger partial charge in [0, 0.05) is 19.6 Å². The molecular weight excluding hydrogens is 248 g/mol. The zero-order valence-electron chi connectivity index (χ0n) is 11.1. The molecule has 2 rings (SSSR count). The van der Waals surface area contributed by atoms with E-state index in [0.717, 1.165) is 24.8 Å². The lowest BCUT2D eigenvalue weighted by Gasteiger charge is -2.21. The van der Waals surface area contributed by atoms with Crippen LogP contribution in [0.5, 0.6) is 0 Å². The first-order valence-electron chi connectivity index (χ1n) is 6.60. The summed E-state index contributed by atoms with van der Waals surface area (Å²) in [6.07, 6.45) is 5.81. The van der Waals surface area contributed by atoms with Crippen LogP contribution >= 0.6 is 11.6 Å². The van der Waals surface area contributed by atoms with Crippen LogP contribution in [0.1, 0.15) is 19.8 Å². The molecular formula is C13H21ClN4. The fourth-order valence-electron chi connectivity index (χ4n) is 2.59. The molecule has 0 radical (unpaired) electrons. The predicted octanol–water partition coefficient (Wildman–Crippen LogP) is 2.30. The van der Waals surface area contributed by atoms with Crippen molar-refractivity contribution >= 4 is 17.4 Å². The van der Waals surface area contributed by atoms with Gasteiger partial charge in [0.1, 0.15) is 11.0 Å². The van der Waals surface area contributed by atoms with E-state index in [1.54, 1.807) is 12.4 Å². The van der Waals surface area contributed by atoms with Crippen LogP contribution in [0.2, 0.25) is 5.15 Å². The van der Waals surface area contributed by atoms with Crippen molar-refractivity contribution in [2.45, 2.75) is 19.8 Å². The Bertz CT molecular complexity index is 385. The van der Waals surface area contributed by atoms with Crippen molar-refractivity contribution in [1.29, 1.82) is 0 Å². The van der Waals surface area contributed by atoms with Gasteiger partial charge in [-0.25, -0.2) is 4.98 Å².